The normalized spacial score (nSPS) is 13.2. The minimum atomic E-state index is -0.653. The second-order valence-electron chi connectivity index (χ2n) is 5.34. The number of amides is 2. The van der Waals surface area contributed by atoms with Crippen LogP contribution >= 0.6 is 0 Å². The molecule has 1 aliphatic rings. The zero-order chi connectivity index (χ0) is 16.9. The van der Waals surface area contributed by atoms with Crippen molar-refractivity contribution in [3.05, 3.63) is 53.9 Å². The number of benzene rings is 1. The highest BCUT2D eigenvalue weighted by atomic mass is 16.7. The predicted octanol–water partition coefficient (Wildman–Crippen LogP) is 1.24. The molecule has 124 valence electrons. The van der Waals surface area contributed by atoms with E-state index in [1.165, 1.54) is 12.4 Å². The number of ether oxygens (including phenoxy) is 2. The minimum absolute atomic E-state index is 0.212. The van der Waals surface area contributed by atoms with Gasteiger partial charge in [0.15, 0.2) is 11.5 Å². The molecule has 24 heavy (non-hydrogen) atoms. The Hall–Kier alpha value is -3.09. The van der Waals surface area contributed by atoms with Crippen LogP contribution in [0.15, 0.2) is 42.7 Å². The molecular weight excluding hydrogens is 310 g/mol. The molecular formula is C17H17N3O4. The molecule has 0 saturated carbocycles. The van der Waals surface area contributed by atoms with E-state index >= 15 is 0 Å². The Morgan fingerprint density at radius 1 is 1.17 bits per heavy atom. The molecule has 7 heteroatoms. The van der Waals surface area contributed by atoms with E-state index < -0.39 is 6.04 Å². The van der Waals surface area contributed by atoms with Crippen molar-refractivity contribution in [2.24, 2.45) is 0 Å². The number of aromatic nitrogens is 1. The second-order valence-corrected chi connectivity index (χ2v) is 5.34. The molecule has 0 saturated heterocycles. The summed E-state index contributed by atoms with van der Waals surface area (Å²) in [5.41, 5.74) is 1.35. The highest BCUT2D eigenvalue weighted by molar-refractivity contribution is 5.97. The molecule has 0 spiro atoms. The van der Waals surface area contributed by atoms with Gasteiger partial charge in [0.1, 0.15) is 6.04 Å². The number of nitrogens with zero attached hydrogens (tertiary/aromatic N) is 1. The van der Waals surface area contributed by atoms with E-state index in [0.29, 0.717) is 23.6 Å². The molecule has 0 radical (unpaired) electrons. The number of carbonyl (C=O) groups excluding carboxylic acids is 2. The molecule has 2 aromatic rings. The summed E-state index contributed by atoms with van der Waals surface area (Å²) in [7, 11) is 0. The number of hydrogen-bond donors (Lipinski definition) is 2. The lowest BCUT2D eigenvalue weighted by Gasteiger charge is -2.14. The Labute approximate surface area is 139 Å². The third-order valence-electron chi connectivity index (χ3n) is 3.59. The SMILES string of the molecule is C[C@H](NC(=O)c1ccncc1)C(=O)NCc1ccc2c(c1)OCO2. The van der Waals surface area contributed by atoms with Gasteiger partial charge in [0.2, 0.25) is 12.7 Å². The number of nitrogens with one attached hydrogen (secondary N) is 2. The maximum atomic E-state index is 12.1. The molecule has 2 amide bonds. The van der Waals surface area contributed by atoms with E-state index in [4.69, 9.17) is 9.47 Å². The first-order valence-electron chi connectivity index (χ1n) is 7.50. The molecule has 0 fully saturated rings. The first kappa shape index (κ1) is 15.8. The molecule has 1 aliphatic heterocycles. The van der Waals surface area contributed by atoms with Gasteiger partial charge in [-0.1, -0.05) is 6.07 Å². The van der Waals surface area contributed by atoms with E-state index in [9.17, 15) is 9.59 Å². The largest absolute Gasteiger partial charge is 0.454 e. The summed E-state index contributed by atoms with van der Waals surface area (Å²) >= 11 is 0. The lowest BCUT2D eigenvalue weighted by molar-refractivity contribution is -0.122. The molecule has 0 bridgehead atoms. The quantitative estimate of drug-likeness (QED) is 0.862. The topological polar surface area (TPSA) is 89.6 Å². The van der Waals surface area contributed by atoms with Crippen LogP contribution in [-0.2, 0) is 11.3 Å². The highest BCUT2D eigenvalue weighted by Gasteiger charge is 2.17. The zero-order valence-corrected chi connectivity index (χ0v) is 13.1. The van der Waals surface area contributed by atoms with E-state index in [1.54, 1.807) is 25.1 Å². The summed E-state index contributed by atoms with van der Waals surface area (Å²) in [5, 5.41) is 5.43. The van der Waals surface area contributed by atoms with Crippen LogP contribution in [0, 0.1) is 0 Å². The average Bonchev–Trinajstić information content (AvgIpc) is 3.08. The Morgan fingerprint density at radius 3 is 2.71 bits per heavy atom. The van der Waals surface area contributed by atoms with Crippen LogP contribution in [0.4, 0.5) is 0 Å². The van der Waals surface area contributed by atoms with Crippen molar-refractivity contribution in [1.29, 1.82) is 0 Å². The average molecular weight is 327 g/mol. The maximum absolute atomic E-state index is 12.1. The summed E-state index contributed by atoms with van der Waals surface area (Å²) in [6.45, 7) is 2.18. The van der Waals surface area contributed by atoms with Crippen LogP contribution < -0.4 is 20.1 Å². The van der Waals surface area contributed by atoms with Gasteiger partial charge in [-0.05, 0) is 36.8 Å². The molecule has 2 heterocycles. The van der Waals surface area contributed by atoms with Gasteiger partial charge in [-0.2, -0.15) is 0 Å². The smallest absolute Gasteiger partial charge is 0.252 e. The molecule has 0 unspecified atom stereocenters. The van der Waals surface area contributed by atoms with Crippen LogP contribution in [0.3, 0.4) is 0 Å². The van der Waals surface area contributed by atoms with Gasteiger partial charge in [-0.25, -0.2) is 0 Å². The number of rotatable bonds is 5. The maximum Gasteiger partial charge on any atom is 0.252 e. The van der Waals surface area contributed by atoms with Crippen molar-refractivity contribution >= 4 is 11.8 Å². The van der Waals surface area contributed by atoms with Crippen LogP contribution in [0.5, 0.6) is 11.5 Å². The Balaban J connectivity index is 1.52. The Bertz CT molecular complexity index is 749. The zero-order valence-electron chi connectivity index (χ0n) is 13.1. The minimum Gasteiger partial charge on any atom is -0.454 e. The molecule has 1 aromatic heterocycles. The van der Waals surface area contributed by atoms with Crippen molar-refractivity contribution in [3.8, 4) is 11.5 Å². The molecule has 7 nitrogen and oxygen atoms in total. The van der Waals surface area contributed by atoms with Crippen molar-refractivity contribution in [1.82, 2.24) is 15.6 Å². The van der Waals surface area contributed by atoms with Gasteiger partial charge in [0.25, 0.3) is 5.91 Å². The number of hydrogen-bond acceptors (Lipinski definition) is 5. The van der Waals surface area contributed by atoms with Gasteiger partial charge in [-0.3, -0.25) is 14.6 Å². The summed E-state index contributed by atoms with van der Waals surface area (Å²) in [4.78, 5) is 28.0. The molecule has 1 aromatic carbocycles. The molecule has 0 aliphatic carbocycles. The first-order valence-corrected chi connectivity index (χ1v) is 7.50. The molecule has 3 rings (SSSR count). The summed E-state index contributed by atoms with van der Waals surface area (Å²) in [6.07, 6.45) is 3.05. The number of fused-ring (bicyclic) bond motifs is 1. The predicted molar refractivity (Wildman–Crippen MR) is 85.6 cm³/mol. The Morgan fingerprint density at radius 2 is 1.92 bits per heavy atom. The third kappa shape index (κ3) is 3.62. The third-order valence-corrected chi connectivity index (χ3v) is 3.59. The van der Waals surface area contributed by atoms with Gasteiger partial charge < -0.3 is 20.1 Å². The standard InChI is InChI=1S/C17H17N3O4/c1-11(20-17(22)13-4-6-18-7-5-13)16(21)19-9-12-2-3-14-15(8-12)24-10-23-14/h2-8,11H,9-10H2,1H3,(H,19,21)(H,20,22)/t11-/m0/s1. The fourth-order valence-corrected chi connectivity index (χ4v) is 2.24. The summed E-state index contributed by atoms with van der Waals surface area (Å²) in [5.74, 6) is 0.780. The van der Waals surface area contributed by atoms with E-state index in [-0.39, 0.29) is 18.6 Å². The van der Waals surface area contributed by atoms with Gasteiger partial charge in [0, 0.05) is 24.5 Å². The van der Waals surface area contributed by atoms with Crippen LogP contribution in [-0.4, -0.2) is 29.6 Å². The van der Waals surface area contributed by atoms with Crippen molar-refractivity contribution in [2.75, 3.05) is 6.79 Å². The first-order chi connectivity index (χ1) is 11.6. The number of carbonyl (C=O) groups is 2. The van der Waals surface area contributed by atoms with Crippen molar-refractivity contribution < 1.29 is 19.1 Å². The summed E-state index contributed by atoms with van der Waals surface area (Å²) in [6, 6.07) is 8.01. The Kier molecular flexibility index (Phi) is 4.60. The lowest BCUT2D eigenvalue weighted by Crippen LogP contribution is -2.44. The second kappa shape index (κ2) is 6.99. The van der Waals surface area contributed by atoms with E-state index in [0.717, 1.165) is 5.56 Å². The van der Waals surface area contributed by atoms with Gasteiger partial charge in [-0.15, -0.1) is 0 Å². The fourth-order valence-electron chi connectivity index (χ4n) is 2.24. The van der Waals surface area contributed by atoms with Crippen molar-refractivity contribution in [2.45, 2.75) is 19.5 Å². The highest BCUT2D eigenvalue weighted by Crippen LogP contribution is 2.32. The molecule has 2 N–H and O–H groups in total. The van der Waals surface area contributed by atoms with Gasteiger partial charge in [0.05, 0.1) is 0 Å². The fraction of sp³-hybridized carbons (Fsp3) is 0.235. The molecule has 1 atom stereocenters. The van der Waals surface area contributed by atoms with Crippen molar-refractivity contribution in [3.63, 3.8) is 0 Å². The van der Waals surface area contributed by atoms with Crippen LogP contribution in [0.25, 0.3) is 0 Å². The number of pyridine rings is 1. The summed E-state index contributed by atoms with van der Waals surface area (Å²) < 4.78 is 10.5. The van der Waals surface area contributed by atoms with Gasteiger partial charge >= 0.3 is 0 Å². The van der Waals surface area contributed by atoms with Crippen LogP contribution in [0.1, 0.15) is 22.8 Å². The van der Waals surface area contributed by atoms with E-state index in [1.807, 2.05) is 12.1 Å². The van der Waals surface area contributed by atoms with Crippen LogP contribution in [0.2, 0.25) is 0 Å². The monoisotopic (exact) mass is 327 g/mol. The van der Waals surface area contributed by atoms with E-state index in [2.05, 4.69) is 15.6 Å². The lowest BCUT2D eigenvalue weighted by atomic mass is 10.2.